The molecule has 1 heteroatoms. The predicted molar refractivity (Wildman–Crippen MR) is 76.3 cm³/mol. The third-order valence-electron chi connectivity index (χ3n) is 3.55. The van der Waals surface area contributed by atoms with Gasteiger partial charge in [0, 0.05) is 6.04 Å². The van der Waals surface area contributed by atoms with Crippen LogP contribution in [0, 0.1) is 5.92 Å². The molecule has 0 amide bonds. The molecule has 17 heavy (non-hydrogen) atoms. The van der Waals surface area contributed by atoms with Gasteiger partial charge in [0.05, 0.1) is 0 Å². The van der Waals surface area contributed by atoms with E-state index in [0.717, 1.165) is 13.0 Å². The van der Waals surface area contributed by atoms with Gasteiger partial charge in [-0.25, -0.2) is 0 Å². The van der Waals surface area contributed by atoms with Crippen molar-refractivity contribution in [3.05, 3.63) is 35.4 Å². The van der Waals surface area contributed by atoms with E-state index in [-0.39, 0.29) is 0 Å². The minimum Gasteiger partial charge on any atom is -0.310 e. The van der Waals surface area contributed by atoms with Crippen LogP contribution in [0.5, 0.6) is 0 Å². The largest absolute Gasteiger partial charge is 0.310 e. The molecule has 1 aromatic rings. The molecule has 1 N–H and O–H groups in total. The molecule has 0 spiro atoms. The molecule has 1 aromatic carbocycles. The van der Waals surface area contributed by atoms with Crippen molar-refractivity contribution in [3.63, 3.8) is 0 Å². The Morgan fingerprint density at radius 2 is 1.94 bits per heavy atom. The Kier molecular flexibility index (Phi) is 6.28. The smallest absolute Gasteiger partial charge is 0.0346 e. The molecule has 0 aliphatic carbocycles. The summed E-state index contributed by atoms with van der Waals surface area (Å²) in [5, 5.41) is 3.69. The van der Waals surface area contributed by atoms with E-state index in [1.54, 1.807) is 0 Å². The summed E-state index contributed by atoms with van der Waals surface area (Å²) < 4.78 is 0. The number of hydrogen-bond acceptors (Lipinski definition) is 1. The SMILES string of the molecule is CCCNC(c1cccc(CC)c1)C(C)CC. The summed E-state index contributed by atoms with van der Waals surface area (Å²) in [6.07, 6.45) is 3.53. The minimum absolute atomic E-state index is 0.506. The molecular formula is C16H27N. The average Bonchev–Trinajstić information content (AvgIpc) is 2.39. The van der Waals surface area contributed by atoms with Gasteiger partial charge in [-0.15, -0.1) is 0 Å². The van der Waals surface area contributed by atoms with Crippen LogP contribution in [0.4, 0.5) is 0 Å². The highest BCUT2D eigenvalue weighted by Gasteiger charge is 2.16. The lowest BCUT2D eigenvalue weighted by atomic mass is 9.91. The molecule has 0 saturated carbocycles. The van der Waals surface area contributed by atoms with Crippen LogP contribution in [-0.2, 0) is 6.42 Å². The second-order valence-electron chi connectivity index (χ2n) is 4.92. The molecule has 96 valence electrons. The molecule has 0 aliphatic heterocycles. The second-order valence-corrected chi connectivity index (χ2v) is 4.92. The Morgan fingerprint density at radius 3 is 2.53 bits per heavy atom. The van der Waals surface area contributed by atoms with Gasteiger partial charge in [0.1, 0.15) is 0 Å². The van der Waals surface area contributed by atoms with Gasteiger partial charge in [0.15, 0.2) is 0 Å². The zero-order valence-electron chi connectivity index (χ0n) is 11.8. The van der Waals surface area contributed by atoms with E-state index in [2.05, 4.69) is 57.3 Å². The monoisotopic (exact) mass is 233 g/mol. The van der Waals surface area contributed by atoms with E-state index in [9.17, 15) is 0 Å². The Hall–Kier alpha value is -0.820. The van der Waals surface area contributed by atoms with E-state index in [0.29, 0.717) is 12.0 Å². The standard InChI is InChI=1S/C16H27N/c1-5-11-17-16(13(4)6-2)15-10-8-9-14(7-3)12-15/h8-10,12-13,16-17H,5-7,11H2,1-4H3. The van der Waals surface area contributed by atoms with E-state index < -0.39 is 0 Å². The van der Waals surface area contributed by atoms with Crippen molar-refractivity contribution in [1.29, 1.82) is 0 Å². The lowest BCUT2D eigenvalue weighted by molar-refractivity contribution is 0.377. The van der Waals surface area contributed by atoms with Gasteiger partial charge in [0.2, 0.25) is 0 Å². The zero-order chi connectivity index (χ0) is 12.7. The van der Waals surface area contributed by atoms with Crippen LogP contribution in [0.1, 0.15) is 57.7 Å². The van der Waals surface area contributed by atoms with Crippen molar-refractivity contribution in [2.24, 2.45) is 5.92 Å². The number of aryl methyl sites for hydroxylation is 1. The summed E-state index contributed by atoms with van der Waals surface area (Å²) in [7, 11) is 0. The molecule has 1 nitrogen and oxygen atoms in total. The lowest BCUT2D eigenvalue weighted by Gasteiger charge is -2.25. The number of benzene rings is 1. The number of rotatable bonds is 7. The molecular weight excluding hydrogens is 206 g/mol. The lowest BCUT2D eigenvalue weighted by Crippen LogP contribution is -2.27. The number of nitrogens with one attached hydrogen (secondary N) is 1. The molecule has 2 unspecified atom stereocenters. The highest BCUT2D eigenvalue weighted by atomic mass is 14.9. The predicted octanol–water partition coefficient (Wildman–Crippen LogP) is 4.34. The first-order valence-corrected chi connectivity index (χ1v) is 7.05. The molecule has 2 atom stereocenters. The fourth-order valence-electron chi connectivity index (χ4n) is 2.19. The fourth-order valence-corrected chi connectivity index (χ4v) is 2.19. The van der Waals surface area contributed by atoms with Crippen LogP contribution in [0.15, 0.2) is 24.3 Å². The van der Waals surface area contributed by atoms with Crippen LogP contribution in [0.3, 0.4) is 0 Å². The van der Waals surface area contributed by atoms with Crippen LogP contribution in [-0.4, -0.2) is 6.54 Å². The Balaban J connectivity index is 2.86. The van der Waals surface area contributed by atoms with Crippen molar-refractivity contribution in [2.75, 3.05) is 6.54 Å². The maximum atomic E-state index is 3.69. The first-order valence-electron chi connectivity index (χ1n) is 7.05. The molecule has 1 rings (SSSR count). The van der Waals surface area contributed by atoms with E-state index in [1.165, 1.54) is 24.0 Å². The Morgan fingerprint density at radius 1 is 1.18 bits per heavy atom. The molecule has 0 heterocycles. The average molecular weight is 233 g/mol. The quantitative estimate of drug-likeness (QED) is 0.739. The number of hydrogen-bond donors (Lipinski definition) is 1. The minimum atomic E-state index is 0.506. The summed E-state index contributed by atoms with van der Waals surface area (Å²) >= 11 is 0. The summed E-state index contributed by atoms with van der Waals surface area (Å²) in [5.74, 6) is 0.689. The third kappa shape index (κ3) is 4.16. The van der Waals surface area contributed by atoms with Gasteiger partial charge in [-0.2, -0.15) is 0 Å². The van der Waals surface area contributed by atoms with Gasteiger partial charge in [-0.05, 0) is 36.4 Å². The van der Waals surface area contributed by atoms with Crippen molar-refractivity contribution in [1.82, 2.24) is 5.32 Å². The van der Waals surface area contributed by atoms with Gasteiger partial charge < -0.3 is 5.32 Å². The van der Waals surface area contributed by atoms with Gasteiger partial charge in [0.25, 0.3) is 0 Å². The fraction of sp³-hybridized carbons (Fsp3) is 0.625. The van der Waals surface area contributed by atoms with E-state index in [4.69, 9.17) is 0 Å². The van der Waals surface area contributed by atoms with Crippen molar-refractivity contribution < 1.29 is 0 Å². The summed E-state index contributed by atoms with van der Waals surface area (Å²) in [4.78, 5) is 0. The van der Waals surface area contributed by atoms with Crippen LogP contribution in [0.2, 0.25) is 0 Å². The summed E-state index contributed by atoms with van der Waals surface area (Å²) in [5.41, 5.74) is 2.89. The van der Waals surface area contributed by atoms with Gasteiger partial charge in [-0.1, -0.05) is 58.4 Å². The zero-order valence-corrected chi connectivity index (χ0v) is 11.8. The van der Waals surface area contributed by atoms with Gasteiger partial charge >= 0.3 is 0 Å². The Labute approximate surface area is 107 Å². The van der Waals surface area contributed by atoms with Crippen LogP contribution in [0.25, 0.3) is 0 Å². The second kappa shape index (κ2) is 7.50. The van der Waals surface area contributed by atoms with Gasteiger partial charge in [-0.3, -0.25) is 0 Å². The molecule has 0 aromatic heterocycles. The molecule has 0 fully saturated rings. The third-order valence-corrected chi connectivity index (χ3v) is 3.55. The molecule has 0 saturated heterocycles. The van der Waals surface area contributed by atoms with Crippen molar-refractivity contribution in [3.8, 4) is 0 Å². The Bertz CT molecular complexity index is 319. The topological polar surface area (TPSA) is 12.0 Å². The molecule has 0 bridgehead atoms. The molecule has 0 radical (unpaired) electrons. The normalized spacial score (nSPS) is 14.6. The van der Waals surface area contributed by atoms with Crippen molar-refractivity contribution >= 4 is 0 Å². The maximum Gasteiger partial charge on any atom is 0.0346 e. The van der Waals surface area contributed by atoms with Crippen LogP contribution >= 0.6 is 0 Å². The first kappa shape index (κ1) is 14.2. The van der Waals surface area contributed by atoms with E-state index >= 15 is 0 Å². The molecule has 0 aliphatic rings. The highest BCUT2D eigenvalue weighted by Crippen LogP contribution is 2.25. The summed E-state index contributed by atoms with van der Waals surface area (Å²) in [6, 6.07) is 9.54. The van der Waals surface area contributed by atoms with E-state index in [1.807, 2.05) is 0 Å². The van der Waals surface area contributed by atoms with Crippen LogP contribution < -0.4 is 5.32 Å². The summed E-state index contributed by atoms with van der Waals surface area (Å²) in [6.45, 7) is 10.2. The van der Waals surface area contributed by atoms with Crippen molar-refractivity contribution in [2.45, 2.75) is 53.0 Å². The first-order chi connectivity index (χ1) is 8.22. The highest BCUT2D eigenvalue weighted by molar-refractivity contribution is 5.26. The maximum absolute atomic E-state index is 3.69.